The number of hydrogen-bond donors (Lipinski definition) is 1. The van der Waals surface area contributed by atoms with Gasteiger partial charge in [0.05, 0.1) is 17.4 Å². The molecule has 2 aromatic rings. The summed E-state index contributed by atoms with van der Waals surface area (Å²) in [7, 11) is 1.90. The zero-order valence-electron chi connectivity index (χ0n) is 13.2. The van der Waals surface area contributed by atoms with E-state index in [0.717, 1.165) is 17.8 Å². The van der Waals surface area contributed by atoms with Crippen molar-refractivity contribution in [2.24, 2.45) is 7.05 Å². The molecule has 23 heavy (non-hydrogen) atoms. The van der Waals surface area contributed by atoms with Gasteiger partial charge in [0, 0.05) is 26.3 Å². The van der Waals surface area contributed by atoms with Crippen LogP contribution in [0.15, 0.2) is 18.6 Å². The Labute approximate surface area is 138 Å². The average molecular weight is 333 g/mol. The van der Waals surface area contributed by atoms with E-state index < -0.39 is 11.8 Å². The van der Waals surface area contributed by atoms with E-state index in [2.05, 4.69) is 15.4 Å². The topological polar surface area (TPSA) is 80.1 Å². The molecule has 1 saturated heterocycles. The molecule has 1 fully saturated rings. The van der Waals surface area contributed by atoms with Gasteiger partial charge in [0.25, 0.3) is 0 Å². The van der Waals surface area contributed by atoms with Crippen molar-refractivity contribution in [2.75, 3.05) is 18.4 Å². The second-order valence-corrected chi connectivity index (χ2v) is 6.95. The smallest absolute Gasteiger partial charge is 0.314 e. The van der Waals surface area contributed by atoms with Gasteiger partial charge in [-0.1, -0.05) is 0 Å². The second-order valence-electron chi connectivity index (χ2n) is 5.71. The predicted octanol–water partition coefficient (Wildman–Crippen LogP) is 1.53. The van der Waals surface area contributed by atoms with Crippen LogP contribution in [0.2, 0.25) is 0 Å². The summed E-state index contributed by atoms with van der Waals surface area (Å²) in [6.07, 6.45) is 7.16. The van der Waals surface area contributed by atoms with Crippen LogP contribution in [0.3, 0.4) is 0 Å². The molecule has 0 bridgehead atoms. The molecule has 0 radical (unpaired) electrons. The van der Waals surface area contributed by atoms with Crippen molar-refractivity contribution < 1.29 is 9.59 Å². The maximum absolute atomic E-state index is 12.2. The van der Waals surface area contributed by atoms with E-state index in [-0.39, 0.29) is 0 Å². The van der Waals surface area contributed by atoms with Crippen molar-refractivity contribution in [3.8, 4) is 0 Å². The monoisotopic (exact) mass is 333 g/mol. The Balaban J connectivity index is 1.54. The van der Waals surface area contributed by atoms with Crippen LogP contribution in [0.4, 0.5) is 5.00 Å². The molecule has 0 spiro atoms. The van der Waals surface area contributed by atoms with Crippen molar-refractivity contribution in [1.29, 1.82) is 0 Å². The van der Waals surface area contributed by atoms with Gasteiger partial charge in [0.1, 0.15) is 5.00 Å². The maximum Gasteiger partial charge on any atom is 0.314 e. The largest absolute Gasteiger partial charge is 0.334 e. The zero-order valence-corrected chi connectivity index (χ0v) is 14.0. The fourth-order valence-electron chi connectivity index (χ4n) is 2.79. The normalized spacial score (nSPS) is 15.7. The summed E-state index contributed by atoms with van der Waals surface area (Å²) in [6.45, 7) is 3.03. The Kier molecular flexibility index (Phi) is 4.42. The van der Waals surface area contributed by atoms with Gasteiger partial charge in [0.15, 0.2) is 0 Å². The first-order valence-electron chi connectivity index (χ1n) is 7.54. The molecule has 8 heteroatoms. The summed E-state index contributed by atoms with van der Waals surface area (Å²) in [5, 5.41) is 8.26. The number of rotatable bonds is 2. The first-order valence-corrected chi connectivity index (χ1v) is 8.36. The number of anilines is 1. The highest BCUT2D eigenvalue weighted by molar-refractivity contribution is 7.15. The highest BCUT2D eigenvalue weighted by Crippen LogP contribution is 2.27. The highest BCUT2D eigenvalue weighted by Gasteiger charge is 2.28. The van der Waals surface area contributed by atoms with E-state index in [1.165, 1.54) is 16.9 Å². The Morgan fingerprint density at radius 2 is 2.04 bits per heavy atom. The van der Waals surface area contributed by atoms with Gasteiger partial charge >= 0.3 is 11.8 Å². The molecule has 1 aliphatic heterocycles. The minimum atomic E-state index is -0.589. The van der Waals surface area contributed by atoms with Crippen molar-refractivity contribution in [2.45, 2.75) is 25.7 Å². The summed E-state index contributed by atoms with van der Waals surface area (Å²) in [6, 6.07) is 0. The molecule has 2 aromatic heterocycles. The molecule has 3 rings (SSSR count). The van der Waals surface area contributed by atoms with Crippen LogP contribution in [0, 0.1) is 6.92 Å². The van der Waals surface area contributed by atoms with Crippen molar-refractivity contribution in [3.05, 3.63) is 29.2 Å². The van der Waals surface area contributed by atoms with Crippen molar-refractivity contribution in [3.63, 3.8) is 0 Å². The summed E-state index contributed by atoms with van der Waals surface area (Å²) < 4.78 is 1.79. The number of carbonyl (C=O) groups excluding carboxylic acids is 2. The predicted molar refractivity (Wildman–Crippen MR) is 87.2 cm³/mol. The number of aryl methyl sites for hydroxylation is 2. The van der Waals surface area contributed by atoms with Crippen molar-refractivity contribution in [1.82, 2.24) is 19.7 Å². The molecular weight excluding hydrogens is 314 g/mol. The molecule has 1 N–H and O–H groups in total. The van der Waals surface area contributed by atoms with Gasteiger partial charge in [-0.15, -0.1) is 11.3 Å². The van der Waals surface area contributed by atoms with E-state index in [4.69, 9.17) is 0 Å². The molecule has 3 heterocycles. The number of carbonyl (C=O) groups is 2. The number of amides is 2. The Hall–Kier alpha value is -2.22. The lowest BCUT2D eigenvalue weighted by Crippen LogP contribution is -2.43. The van der Waals surface area contributed by atoms with Crippen LogP contribution in [-0.4, -0.2) is 44.6 Å². The molecule has 0 saturated carbocycles. The number of piperidine rings is 1. The number of aromatic nitrogens is 3. The van der Waals surface area contributed by atoms with Crippen LogP contribution in [0.1, 0.15) is 29.3 Å². The van der Waals surface area contributed by atoms with Crippen LogP contribution in [0.5, 0.6) is 0 Å². The number of nitrogens with one attached hydrogen (secondary N) is 1. The minimum Gasteiger partial charge on any atom is -0.334 e. The van der Waals surface area contributed by atoms with Gasteiger partial charge in [-0.05, 0) is 31.2 Å². The summed E-state index contributed by atoms with van der Waals surface area (Å²) >= 11 is 1.36. The average Bonchev–Trinajstić information content (AvgIpc) is 3.15. The van der Waals surface area contributed by atoms with Gasteiger partial charge in [-0.25, -0.2) is 4.98 Å². The lowest BCUT2D eigenvalue weighted by molar-refractivity contribution is -0.143. The second kappa shape index (κ2) is 6.49. The zero-order chi connectivity index (χ0) is 16.4. The third-order valence-corrected chi connectivity index (χ3v) is 4.86. The first kappa shape index (κ1) is 15.7. The summed E-state index contributed by atoms with van der Waals surface area (Å²) in [5.41, 5.74) is 1.20. The lowest BCUT2D eigenvalue weighted by Gasteiger charge is -2.31. The molecule has 0 unspecified atom stereocenters. The first-order chi connectivity index (χ1) is 11.0. The maximum atomic E-state index is 12.2. The third-order valence-electron chi connectivity index (χ3n) is 4.03. The molecule has 0 atom stereocenters. The standard InChI is InChI=1S/C15H19N5O2S/c1-10-16-8-13(23-10)18-14(21)15(22)20-5-3-11(4-6-20)12-7-17-19(2)9-12/h7-9,11H,3-6H2,1-2H3,(H,18,21). The number of likely N-dealkylation sites (tertiary alicyclic amines) is 1. The summed E-state index contributed by atoms with van der Waals surface area (Å²) in [5.74, 6) is -0.658. The van der Waals surface area contributed by atoms with Gasteiger partial charge in [-0.2, -0.15) is 5.10 Å². The number of hydrogen-bond acceptors (Lipinski definition) is 5. The highest BCUT2D eigenvalue weighted by atomic mass is 32.1. The third kappa shape index (κ3) is 3.58. The molecular formula is C15H19N5O2S. The fourth-order valence-corrected chi connectivity index (χ4v) is 3.47. The minimum absolute atomic E-state index is 0.403. The molecule has 2 amide bonds. The van der Waals surface area contributed by atoms with E-state index >= 15 is 0 Å². The number of nitrogens with zero attached hydrogens (tertiary/aromatic N) is 4. The van der Waals surface area contributed by atoms with E-state index in [1.807, 2.05) is 26.4 Å². The Bertz CT molecular complexity index is 715. The molecule has 1 aliphatic rings. The molecule has 0 aliphatic carbocycles. The van der Waals surface area contributed by atoms with Gasteiger partial charge in [-0.3, -0.25) is 14.3 Å². The van der Waals surface area contributed by atoms with Gasteiger partial charge < -0.3 is 10.2 Å². The van der Waals surface area contributed by atoms with E-state index in [9.17, 15) is 9.59 Å². The molecule has 7 nitrogen and oxygen atoms in total. The van der Waals surface area contributed by atoms with E-state index in [1.54, 1.807) is 15.8 Å². The lowest BCUT2D eigenvalue weighted by atomic mass is 9.91. The SMILES string of the molecule is Cc1ncc(NC(=O)C(=O)N2CCC(c3cnn(C)c3)CC2)s1. The molecule has 122 valence electrons. The summed E-state index contributed by atoms with van der Waals surface area (Å²) in [4.78, 5) is 30.0. The fraction of sp³-hybridized carbons (Fsp3) is 0.467. The van der Waals surface area contributed by atoms with Crippen LogP contribution < -0.4 is 5.32 Å². The number of thiazole rings is 1. The quantitative estimate of drug-likeness (QED) is 0.845. The Morgan fingerprint density at radius 1 is 1.30 bits per heavy atom. The van der Waals surface area contributed by atoms with Crippen LogP contribution in [0.25, 0.3) is 0 Å². The Morgan fingerprint density at radius 3 is 2.61 bits per heavy atom. The van der Waals surface area contributed by atoms with E-state index in [0.29, 0.717) is 24.0 Å². The van der Waals surface area contributed by atoms with Crippen LogP contribution >= 0.6 is 11.3 Å². The van der Waals surface area contributed by atoms with Gasteiger partial charge in [0.2, 0.25) is 0 Å². The van der Waals surface area contributed by atoms with Crippen LogP contribution in [-0.2, 0) is 16.6 Å². The molecule has 0 aromatic carbocycles. The van der Waals surface area contributed by atoms with Crippen molar-refractivity contribution >= 4 is 28.2 Å².